The monoisotopic (exact) mass is 380 g/mol. The Labute approximate surface area is 163 Å². The van der Waals surface area contributed by atoms with E-state index in [0.29, 0.717) is 18.7 Å². The SMILES string of the molecule is Cc1ccc(-c2cnc(CCC(=O)N3CCc4sccc4C3C)o2)cc1C. The third-order valence-electron chi connectivity index (χ3n) is 5.50. The van der Waals surface area contributed by atoms with Gasteiger partial charge in [0.15, 0.2) is 11.7 Å². The molecule has 1 aliphatic rings. The van der Waals surface area contributed by atoms with Gasteiger partial charge in [-0.1, -0.05) is 12.1 Å². The van der Waals surface area contributed by atoms with Crippen molar-refractivity contribution >= 4 is 17.2 Å². The number of carbonyl (C=O) groups is 1. The molecule has 0 fully saturated rings. The normalized spacial score (nSPS) is 16.4. The lowest BCUT2D eigenvalue weighted by atomic mass is 10.0. The van der Waals surface area contributed by atoms with Crippen LogP contribution in [0.15, 0.2) is 40.3 Å². The van der Waals surface area contributed by atoms with Gasteiger partial charge in [0, 0.05) is 29.8 Å². The van der Waals surface area contributed by atoms with Crippen molar-refractivity contribution in [2.24, 2.45) is 0 Å². The fourth-order valence-corrected chi connectivity index (χ4v) is 4.62. The second-order valence-corrected chi connectivity index (χ2v) is 8.23. The zero-order chi connectivity index (χ0) is 19.0. The quantitative estimate of drug-likeness (QED) is 0.633. The molecule has 140 valence electrons. The average molecular weight is 381 g/mol. The number of oxazole rings is 1. The highest BCUT2D eigenvalue weighted by Gasteiger charge is 2.28. The van der Waals surface area contributed by atoms with E-state index in [1.165, 1.54) is 21.6 Å². The Bertz CT molecular complexity index is 972. The Morgan fingerprint density at radius 2 is 2.15 bits per heavy atom. The minimum atomic E-state index is 0.156. The fourth-order valence-electron chi connectivity index (χ4n) is 3.66. The molecule has 3 heterocycles. The van der Waals surface area contributed by atoms with E-state index in [4.69, 9.17) is 4.42 Å². The largest absolute Gasteiger partial charge is 0.441 e. The predicted molar refractivity (Wildman–Crippen MR) is 108 cm³/mol. The number of thiophene rings is 1. The number of nitrogens with zero attached hydrogens (tertiary/aromatic N) is 2. The Morgan fingerprint density at radius 1 is 1.30 bits per heavy atom. The molecule has 0 spiro atoms. The molecule has 0 N–H and O–H groups in total. The maximum absolute atomic E-state index is 12.7. The molecule has 0 saturated heterocycles. The highest BCUT2D eigenvalue weighted by Crippen LogP contribution is 2.33. The molecular formula is C22H24N2O2S. The van der Waals surface area contributed by atoms with Gasteiger partial charge in [-0.05, 0) is 61.4 Å². The standard InChI is InChI=1S/C22H24N2O2S/c1-14-4-5-17(12-15(14)2)19-13-23-21(26-19)6-7-22(25)24-10-8-20-18(16(24)3)9-11-27-20/h4-5,9,11-13,16H,6-8,10H2,1-3H3. The second-order valence-electron chi connectivity index (χ2n) is 7.23. The van der Waals surface area contributed by atoms with E-state index in [9.17, 15) is 4.79 Å². The topological polar surface area (TPSA) is 46.3 Å². The zero-order valence-electron chi connectivity index (χ0n) is 16.0. The van der Waals surface area contributed by atoms with Crippen molar-refractivity contribution in [2.45, 2.75) is 46.1 Å². The maximum Gasteiger partial charge on any atom is 0.223 e. The van der Waals surface area contributed by atoms with Gasteiger partial charge in [-0.3, -0.25) is 4.79 Å². The summed E-state index contributed by atoms with van der Waals surface area (Å²) in [5.41, 5.74) is 4.81. The predicted octanol–water partition coefficient (Wildman–Crippen LogP) is 5.10. The van der Waals surface area contributed by atoms with Gasteiger partial charge in [0.25, 0.3) is 0 Å². The fraction of sp³-hybridized carbons (Fsp3) is 0.364. The molecular weight excluding hydrogens is 356 g/mol. The first-order chi connectivity index (χ1) is 13.0. The Morgan fingerprint density at radius 3 is 2.96 bits per heavy atom. The zero-order valence-corrected chi connectivity index (χ0v) is 16.8. The van der Waals surface area contributed by atoms with Crippen LogP contribution in [-0.4, -0.2) is 22.3 Å². The lowest BCUT2D eigenvalue weighted by molar-refractivity contribution is -0.133. The number of benzene rings is 1. The molecule has 1 unspecified atom stereocenters. The summed E-state index contributed by atoms with van der Waals surface area (Å²) in [5.74, 6) is 1.55. The van der Waals surface area contributed by atoms with Crippen molar-refractivity contribution in [1.82, 2.24) is 9.88 Å². The third kappa shape index (κ3) is 3.56. The van der Waals surface area contributed by atoms with Crippen LogP contribution in [0.5, 0.6) is 0 Å². The van der Waals surface area contributed by atoms with E-state index in [2.05, 4.69) is 49.3 Å². The summed E-state index contributed by atoms with van der Waals surface area (Å²) in [7, 11) is 0. The minimum Gasteiger partial charge on any atom is -0.441 e. The maximum atomic E-state index is 12.7. The number of aromatic nitrogens is 1. The van der Waals surface area contributed by atoms with Gasteiger partial charge >= 0.3 is 0 Å². The van der Waals surface area contributed by atoms with Gasteiger partial charge in [-0.25, -0.2) is 4.98 Å². The number of hydrogen-bond acceptors (Lipinski definition) is 4. The second kappa shape index (κ2) is 7.31. The molecule has 27 heavy (non-hydrogen) atoms. The molecule has 1 atom stereocenters. The molecule has 1 amide bonds. The summed E-state index contributed by atoms with van der Waals surface area (Å²) >= 11 is 1.79. The average Bonchev–Trinajstić information content (AvgIpc) is 3.32. The molecule has 1 aromatic carbocycles. The Kier molecular flexibility index (Phi) is 4.87. The van der Waals surface area contributed by atoms with Gasteiger partial charge in [0.05, 0.1) is 12.2 Å². The van der Waals surface area contributed by atoms with E-state index < -0.39 is 0 Å². The van der Waals surface area contributed by atoms with Crippen LogP contribution in [0.25, 0.3) is 11.3 Å². The molecule has 5 heteroatoms. The molecule has 2 aromatic heterocycles. The van der Waals surface area contributed by atoms with Crippen LogP contribution in [0.2, 0.25) is 0 Å². The highest BCUT2D eigenvalue weighted by molar-refractivity contribution is 7.10. The summed E-state index contributed by atoms with van der Waals surface area (Å²) in [6, 6.07) is 8.55. The number of fused-ring (bicyclic) bond motifs is 1. The summed E-state index contributed by atoms with van der Waals surface area (Å²) in [4.78, 5) is 20.5. The van der Waals surface area contributed by atoms with Gasteiger partial charge < -0.3 is 9.32 Å². The van der Waals surface area contributed by atoms with Crippen LogP contribution in [0.3, 0.4) is 0 Å². The van der Waals surface area contributed by atoms with E-state index in [1.807, 2.05) is 11.0 Å². The molecule has 0 radical (unpaired) electrons. The van der Waals surface area contributed by atoms with Gasteiger partial charge in [-0.2, -0.15) is 0 Å². The van der Waals surface area contributed by atoms with Gasteiger partial charge in [0.2, 0.25) is 5.91 Å². The van der Waals surface area contributed by atoms with Crippen LogP contribution in [0.1, 0.15) is 46.8 Å². The minimum absolute atomic E-state index is 0.156. The van der Waals surface area contributed by atoms with Crippen molar-refractivity contribution in [2.75, 3.05) is 6.54 Å². The summed E-state index contributed by atoms with van der Waals surface area (Å²) in [6.45, 7) is 7.10. The molecule has 0 saturated carbocycles. The molecule has 3 aromatic rings. The van der Waals surface area contributed by atoms with Crippen LogP contribution in [-0.2, 0) is 17.6 Å². The molecule has 4 nitrogen and oxygen atoms in total. The van der Waals surface area contributed by atoms with Crippen molar-refractivity contribution in [3.05, 3.63) is 63.3 Å². The van der Waals surface area contributed by atoms with Crippen LogP contribution in [0.4, 0.5) is 0 Å². The van der Waals surface area contributed by atoms with Crippen molar-refractivity contribution in [1.29, 1.82) is 0 Å². The van der Waals surface area contributed by atoms with Crippen molar-refractivity contribution in [3.8, 4) is 11.3 Å². The van der Waals surface area contributed by atoms with Crippen LogP contribution >= 0.6 is 11.3 Å². The van der Waals surface area contributed by atoms with E-state index in [1.54, 1.807) is 17.5 Å². The summed E-state index contributed by atoms with van der Waals surface area (Å²) in [5, 5.41) is 2.12. The number of amides is 1. The lowest BCUT2D eigenvalue weighted by Crippen LogP contribution is -2.38. The van der Waals surface area contributed by atoms with Gasteiger partial charge in [0.1, 0.15) is 0 Å². The number of hydrogen-bond donors (Lipinski definition) is 0. The first-order valence-corrected chi connectivity index (χ1v) is 10.3. The highest BCUT2D eigenvalue weighted by atomic mass is 32.1. The molecule has 1 aliphatic heterocycles. The lowest BCUT2D eigenvalue weighted by Gasteiger charge is -2.33. The van der Waals surface area contributed by atoms with Crippen LogP contribution < -0.4 is 0 Å². The first-order valence-electron chi connectivity index (χ1n) is 9.41. The molecule has 0 bridgehead atoms. The Balaban J connectivity index is 1.40. The third-order valence-corrected chi connectivity index (χ3v) is 6.49. The van der Waals surface area contributed by atoms with E-state index in [0.717, 1.165) is 24.3 Å². The molecule has 4 rings (SSSR count). The van der Waals surface area contributed by atoms with Crippen molar-refractivity contribution < 1.29 is 9.21 Å². The smallest absolute Gasteiger partial charge is 0.223 e. The van der Waals surface area contributed by atoms with Crippen molar-refractivity contribution in [3.63, 3.8) is 0 Å². The van der Waals surface area contributed by atoms with Gasteiger partial charge in [-0.15, -0.1) is 11.3 Å². The number of carbonyl (C=O) groups excluding carboxylic acids is 1. The van der Waals surface area contributed by atoms with Crippen LogP contribution in [0, 0.1) is 13.8 Å². The number of rotatable bonds is 4. The molecule has 0 aliphatic carbocycles. The Hall–Kier alpha value is -2.40. The van der Waals surface area contributed by atoms with E-state index >= 15 is 0 Å². The number of aryl methyl sites for hydroxylation is 3. The summed E-state index contributed by atoms with van der Waals surface area (Å²) < 4.78 is 5.89. The van der Waals surface area contributed by atoms with E-state index in [-0.39, 0.29) is 11.9 Å². The summed E-state index contributed by atoms with van der Waals surface area (Å²) in [6.07, 6.45) is 3.67. The first kappa shape index (κ1) is 18.0.